The maximum Gasteiger partial charge on any atom is 0.323 e. The highest BCUT2D eigenvalue weighted by Crippen LogP contribution is 2.15. The smallest absolute Gasteiger partial charge is 0.323 e. The molecule has 0 fully saturated rings. The second-order valence-corrected chi connectivity index (χ2v) is 5.68. The monoisotopic (exact) mass is 275 g/mol. The van der Waals surface area contributed by atoms with Crippen molar-refractivity contribution in [3.8, 4) is 0 Å². The Balaban J connectivity index is 2.92. The summed E-state index contributed by atoms with van der Waals surface area (Å²) in [4.78, 5) is 24.4. The first-order valence-electron chi connectivity index (χ1n) is 6.49. The molecule has 0 saturated carbocycles. The average Bonchev–Trinajstić information content (AvgIpc) is 2.33. The largest absolute Gasteiger partial charge is 0.480 e. The number of carboxylic acid groups (broad SMARTS) is 1. The Morgan fingerprint density at radius 2 is 1.85 bits per heavy atom. The van der Waals surface area contributed by atoms with Crippen molar-refractivity contribution in [3.05, 3.63) is 41.5 Å². The summed E-state index contributed by atoms with van der Waals surface area (Å²) in [5.74, 6) is -1.32. The Hall–Kier alpha value is -2.10. The van der Waals surface area contributed by atoms with Crippen LogP contribution in [0.1, 0.15) is 31.9 Å². The summed E-state index contributed by atoms with van der Waals surface area (Å²) in [5.41, 5.74) is 1.48. The minimum absolute atomic E-state index is 0.303. The van der Waals surface area contributed by atoms with Gasteiger partial charge in [-0.25, -0.2) is 0 Å². The predicted octanol–water partition coefficient (Wildman–Crippen LogP) is 2.72. The van der Waals surface area contributed by atoms with Crippen LogP contribution in [0, 0.1) is 6.92 Å². The van der Waals surface area contributed by atoms with Crippen LogP contribution in [0.5, 0.6) is 0 Å². The molecule has 0 aromatic heterocycles. The van der Waals surface area contributed by atoms with Crippen LogP contribution in [0.2, 0.25) is 0 Å². The van der Waals surface area contributed by atoms with Gasteiger partial charge in [0.05, 0.1) is 0 Å². The van der Waals surface area contributed by atoms with E-state index in [-0.39, 0.29) is 12.5 Å². The van der Waals surface area contributed by atoms with E-state index < -0.39 is 11.5 Å². The lowest BCUT2D eigenvalue weighted by Gasteiger charge is -2.33. The number of aryl methyl sites for hydroxylation is 1. The molecule has 0 radical (unpaired) electrons. The van der Waals surface area contributed by atoms with Crippen LogP contribution in [0.4, 0.5) is 0 Å². The van der Waals surface area contributed by atoms with Crippen LogP contribution < -0.4 is 0 Å². The molecule has 1 N–H and O–H groups in total. The van der Waals surface area contributed by atoms with Gasteiger partial charge in [-0.05, 0) is 44.9 Å². The normalized spacial score (nSPS) is 11.6. The Morgan fingerprint density at radius 1 is 1.25 bits per heavy atom. The molecular weight excluding hydrogens is 254 g/mol. The molecule has 4 heteroatoms. The molecule has 1 aromatic carbocycles. The van der Waals surface area contributed by atoms with Crippen molar-refractivity contribution in [1.82, 2.24) is 4.90 Å². The summed E-state index contributed by atoms with van der Waals surface area (Å²) in [5, 5.41) is 8.91. The van der Waals surface area contributed by atoms with Crippen LogP contribution in [0.15, 0.2) is 30.3 Å². The van der Waals surface area contributed by atoms with Gasteiger partial charge >= 0.3 is 5.97 Å². The van der Waals surface area contributed by atoms with Gasteiger partial charge in [-0.3, -0.25) is 9.59 Å². The molecule has 0 bridgehead atoms. The number of nitrogens with zero attached hydrogens (tertiary/aromatic N) is 1. The number of amides is 1. The number of aliphatic carboxylic acids is 1. The van der Waals surface area contributed by atoms with Crippen LogP contribution in [-0.2, 0) is 9.59 Å². The maximum absolute atomic E-state index is 12.2. The molecule has 0 aliphatic rings. The highest BCUT2D eigenvalue weighted by molar-refractivity contribution is 5.94. The molecule has 0 atom stereocenters. The topological polar surface area (TPSA) is 57.6 Å². The van der Waals surface area contributed by atoms with Crippen molar-refractivity contribution in [2.75, 3.05) is 6.54 Å². The number of rotatable bonds is 4. The van der Waals surface area contributed by atoms with E-state index >= 15 is 0 Å². The van der Waals surface area contributed by atoms with E-state index in [1.165, 1.54) is 11.0 Å². The Labute approximate surface area is 119 Å². The second kappa shape index (κ2) is 6.37. The van der Waals surface area contributed by atoms with Gasteiger partial charge in [-0.15, -0.1) is 0 Å². The number of hydrogen-bond donors (Lipinski definition) is 1. The number of benzene rings is 1. The third-order valence-corrected chi connectivity index (χ3v) is 2.96. The van der Waals surface area contributed by atoms with Crippen molar-refractivity contribution in [2.24, 2.45) is 0 Å². The molecule has 0 heterocycles. The summed E-state index contributed by atoms with van der Waals surface area (Å²) in [6.45, 7) is 7.10. The van der Waals surface area contributed by atoms with E-state index in [1.807, 2.05) is 52.0 Å². The second-order valence-electron chi connectivity index (χ2n) is 5.68. The van der Waals surface area contributed by atoms with Gasteiger partial charge in [0.25, 0.3) is 0 Å². The van der Waals surface area contributed by atoms with E-state index in [0.29, 0.717) is 0 Å². The predicted molar refractivity (Wildman–Crippen MR) is 79.3 cm³/mol. The zero-order valence-electron chi connectivity index (χ0n) is 12.4. The van der Waals surface area contributed by atoms with Gasteiger partial charge in [0.1, 0.15) is 6.54 Å². The molecule has 0 saturated heterocycles. The number of carboxylic acids is 1. The standard InChI is InChI=1S/C16H21NO3/c1-12-7-5-6-8-13(12)9-10-14(18)17(11-15(19)20)16(2,3)4/h5-10H,11H2,1-4H3,(H,19,20). The fourth-order valence-corrected chi connectivity index (χ4v) is 1.81. The van der Waals surface area contributed by atoms with E-state index in [4.69, 9.17) is 5.11 Å². The van der Waals surface area contributed by atoms with Crippen LogP contribution in [0.3, 0.4) is 0 Å². The molecule has 0 unspecified atom stereocenters. The molecule has 1 rings (SSSR count). The summed E-state index contributed by atoms with van der Waals surface area (Å²) in [7, 11) is 0. The van der Waals surface area contributed by atoms with Crippen LogP contribution in [0.25, 0.3) is 6.08 Å². The fourth-order valence-electron chi connectivity index (χ4n) is 1.81. The quantitative estimate of drug-likeness (QED) is 0.860. The SMILES string of the molecule is Cc1ccccc1C=CC(=O)N(CC(=O)O)C(C)(C)C. The lowest BCUT2D eigenvalue weighted by Crippen LogP contribution is -2.47. The lowest BCUT2D eigenvalue weighted by atomic mass is 10.0. The third kappa shape index (κ3) is 4.53. The highest BCUT2D eigenvalue weighted by Gasteiger charge is 2.26. The van der Waals surface area contributed by atoms with Gasteiger partial charge in [0.15, 0.2) is 0 Å². The molecular formula is C16H21NO3. The zero-order chi connectivity index (χ0) is 15.3. The van der Waals surface area contributed by atoms with Crippen LogP contribution >= 0.6 is 0 Å². The van der Waals surface area contributed by atoms with Gasteiger partial charge in [-0.1, -0.05) is 24.3 Å². The lowest BCUT2D eigenvalue weighted by molar-refractivity contribution is -0.145. The molecule has 1 amide bonds. The molecule has 108 valence electrons. The Morgan fingerprint density at radius 3 is 2.35 bits per heavy atom. The first-order valence-corrected chi connectivity index (χ1v) is 6.49. The van der Waals surface area contributed by atoms with E-state index in [2.05, 4.69) is 0 Å². The third-order valence-electron chi connectivity index (χ3n) is 2.96. The first kappa shape index (κ1) is 16.0. The van der Waals surface area contributed by atoms with Gasteiger partial charge in [0, 0.05) is 11.6 Å². The summed E-state index contributed by atoms with van der Waals surface area (Å²) < 4.78 is 0. The van der Waals surface area contributed by atoms with E-state index in [1.54, 1.807) is 6.08 Å². The minimum Gasteiger partial charge on any atom is -0.480 e. The van der Waals surface area contributed by atoms with Crippen LogP contribution in [-0.4, -0.2) is 34.0 Å². The number of carbonyl (C=O) groups is 2. The van der Waals surface area contributed by atoms with Crippen molar-refractivity contribution < 1.29 is 14.7 Å². The fraction of sp³-hybridized carbons (Fsp3) is 0.375. The summed E-state index contributed by atoms with van der Waals surface area (Å²) in [6.07, 6.45) is 3.15. The molecule has 1 aromatic rings. The van der Waals surface area contributed by atoms with Crippen molar-refractivity contribution >= 4 is 18.0 Å². The van der Waals surface area contributed by atoms with Crippen molar-refractivity contribution in [1.29, 1.82) is 0 Å². The highest BCUT2D eigenvalue weighted by atomic mass is 16.4. The average molecular weight is 275 g/mol. The zero-order valence-corrected chi connectivity index (χ0v) is 12.4. The van der Waals surface area contributed by atoms with E-state index in [0.717, 1.165) is 11.1 Å². The molecule has 0 spiro atoms. The van der Waals surface area contributed by atoms with E-state index in [9.17, 15) is 9.59 Å². The molecule has 0 aliphatic carbocycles. The number of hydrogen-bond acceptors (Lipinski definition) is 2. The van der Waals surface area contributed by atoms with Crippen molar-refractivity contribution in [3.63, 3.8) is 0 Å². The van der Waals surface area contributed by atoms with Gasteiger partial charge in [0.2, 0.25) is 5.91 Å². The molecule has 20 heavy (non-hydrogen) atoms. The maximum atomic E-state index is 12.2. The van der Waals surface area contributed by atoms with Crippen molar-refractivity contribution in [2.45, 2.75) is 33.2 Å². The molecule has 4 nitrogen and oxygen atoms in total. The molecule has 0 aliphatic heterocycles. The Kier molecular flexibility index (Phi) is 5.08. The van der Waals surface area contributed by atoms with Gasteiger partial charge in [-0.2, -0.15) is 0 Å². The minimum atomic E-state index is -1.02. The first-order chi connectivity index (χ1) is 9.21. The number of carbonyl (C=O) groups excluding carboxylic acids is 1. The van der Waals surface area contributed by atoms with Gasteiger partial charge < -0.3 is 10.0 Å². The Bertz CT molecular complexity index is 527. The summed E-state index contributed by atoms with van der Waals surface area (Å²) in [6, 6.07) is 7.71. The summed E-state index contributed by atoms with van der Waals surface area (Å²) >= 11 is 0.